The summed E-state index contributed by atoms with van der Waals surface area (Å²) in [6.07, 6.45) is 0. The van der Waals surface area contributed by atoms with Gasteiger partial charge in [0, 0.05) is 0 Å². The molecule has 0 aliphatic carbocycles. The van der Waals surface area contributed by atoms with Crippen LogP contribution in [-0.2, 0) is 12.3 Å². The second kappa shape index (κ2) is 12.3. The summed E-state index contributed by atoms with van der Waals surface area (Å²) in [6, 6.07) is 22.2. The summed E-state index contributed by atoms with van der Waals surface area (Å²) in [5, 5.41) is 0. The zero-order chi connectivity index (χ0) is 22.1. The number of aromatic nitrogens is 1. The monoisotopic (exact) mass is 497 g/mol. The molecule has 0 bridgehead atoms. The second-order valence-electron chi connectivity index (χ2n) is 6.57. The molecular weight excluding hydrogens is 476 g/mol. The Morgan fingerprint density at radius 2 is 1.03 bits per heavy atom. The third kappa shape index (κ3) is 7.90. The standard InChI is InChI=1S/C23H23N3.3ClH.V/c1-16-10-5-7-12-20(16)24-18(3)22-14-9-15-23(26-22)19(4)25-21-13-8-6-11-17(21)2;;;;/h5-15H,1-4H3;3*1H;/q;;;;+3/p-3. The molecule has 0 amide bonds. The fourth-order valence-corrected chi connectivity index (χ4v) is 2.69. The van der Waals surface area contributed by atoms with Gasteiger partial charge in [-0.2, -0.15) is 0 Å². The average molecular weight is 499 g/mol. The van der Waals surface area contributed by atoms with Crippen LogP contribution < -0.4 is 0 Å². The Morgan fingerprint density at radius 1 is 0.667 bits per heavy atom. The zero-order valence-electron chi connectivity index (χ0n) is 17.3. The van der Waals surface area contributed by atoms with Gasteiger partial charge in [0.25, 0.3) is 0 Å². The summed E-state index contributed by atoms with van der Waals surface area (Å²) < 4.78 is 0. The van der Waals surface area contributed by atoms with Crippen molar-refractivity contribution in [3.63, 3.8) is 0 Å². The number of pyridine rings is 1. The quantitative estimate of drug-likeness (QED) is 0.335. The van der Waals surface area contributed by atoms with Crippen LogP contribution in [0.1, 0.15) is 36.4 Å². The maximum absolute atomic E-state index is 4.95. The van der Waals surface area contributed by atoms with E-state index < -0.39 is 12.3 Å². The van der Waals surface area contributed by atoms with E-state index in [1.165, 1.54) is 0 Å². The molecule has 0 radical (unpaired) electrons. The van der Waals surface area contributed by atoms with Crippen LogP contribution in [0.2, 0.25) is 0 Å². The van der Waals surface area contributed by atoms with Crippen LogP contribution in [-0.4, -0.2) is 16.4 Å². The molecule has 0 saturated heterocycles. The molecule has 0 fully saturated rings. The molecule has 1 aromatic heterocycles. The van der Waals surface area contributed by atoms with Crippen LogP contribution in [0.5, 0.6) is 0 Å². The van der Waals surface area contributed by atoms with Crippen molar-refractivity contribution in [3.05, 3.63) is 89.2 Å². The minimum absolute atomic E-state index is 0.866. The van der Waals surface area contributed by atoms with E-state index in [0.717, 1.165) is 45.3 Å². The molecule has 3 aromatic rings. The number of benzene rings is 2. The van der Waals surface area contributed by atoms with E-state index in [-0.39, 0.29) is 0 Å². The van der Waals surface area contributed by atoms with Crippen LogP contribution in [0.15, 0.2) is 76.7 Å². The van der Waals surface area contributed by atoms with Crippen LogP contribution >= 0.6 is 29.5 Å². The Bertz CT molecular complexity index is 970. The summed E-state index contributed by atoms with van der Waals surface area (Å²) in [7, 11) is 14.9. The number of nitrogens with zero attached hydrogens (tertiary/aromatic N) is 3. The van der Waals surface area contributed by atoms with Crippen LogP contribution in [0.4, 0.5) is 11.4 Å². The van der Waals surface area contributed by atoms with Gasteiger partial charge in [-0.25, -0.2) is 4.98 Å². The molecular formula is C23H23Cl3N3V. The van der Waals surface area contributed by atoms with E-state index in [2.05, 4.69) is 26.0 Å². The molecule has 3 rings (SSSR count). The second-order valence-corrected chi connectivity index (χ2v) is 13.5. The number of halogens is 3. The van der Waals surface area contributed by atoms with Gasteiger partial charge in [0.15, 0.2) is 0 Å². The van der Waals surface area contributed by atoms with Crippen LogP contribution in [0.3, 0.4) is 0 Å². The predicted octanol–water partition coefficient (Wildman–Crippen LogP) is 8.05. The summed E-state index contributed by atoms with van der Waals surface area (Å²) in [5.74, 6) is 0. The summed E-state index contributed by atoms with van der Waals surface area (Å²) >= 11 is -1.77. The van der Waals surface area contributed by atoms with E-state index >= 15 is 0 Å². The Morgan fingerprint density at radius 3 is 1.40 bits per heavy atom. The fraction of sp³-hybridized carbons (Fsp3) is 0.174. The van der Waals surface area contributed by atoms with Crippen LogP contribution in [0, 0.1) is 13.8 Å². The first kappa shape index (κ1) is 24.7. The summed E-state index contributed by atoms with van der Waals surface area (Å²) in [4.78, 5) is 14.2. The Labute approximate surface area is 195 Å². The number of hydrogen-bond acceptors (Lipinski definition) is 3. The molecule has 0 aliphatic heterocycles. The third-order valence-electron chi connectivity index (χ3n) is 4.30. The number of para-hydroxylation sites is 2. The van der Waals surface area contributed by atoms with Gasteiger partial charge < -0.3 is 0 Å². The molecule has 0 N–H and O–H groups in total. The SMILES string of the molecule is CC(=Nc1ccccc1C)c1cccc(C(C)=Nc2ccccc2C)n1.[Cl][V]([Cl])[Cl]. The van der Waals surface area contributed by atoms with Crippen molar-refractivity contribution >= 4 is 52.3 Å². The van der Waals surface area contributed by atoms with Gasteiger partial charge in [-0.1, -0.05) is 42.5 Å². The van der Waals surface area contributed by atoms with Crippen molar-refractivity contribution in [3.8, 4) is 0 Å². The number of hydrogen-bond donors (Lipinski definition) is 0. The molecule has 3 nitrogen and oxygen atoms in total. The molecule has 0 atom stereocenters. The van der Waals surface area contributed by atoms with E-state index in [0.29, 0.717) is 0 Å². The first-order chi connectivity index (χ1) is 14.3. The van der Waals surface area contributed by atoms with E-state index in [1.54, 1.807) is 0 Å². The van der Waals surface area contributed by atoms with Crippen molar-refractivity contribution in [2.24, 2.45) is 9.98 Å². The van der Waals surface area contributed by atoms with Crippen molar-refractivity contribution in [2.45, 2.75) is 27.7 Å². The maximum atomic E-state index is 4.95. The Hall–Kier alpha value is -1.62. The number of aliphatic imine (C=N–C) groups is 2. The number of rotatable bonds is 4. The first-order valence-electron chi connectivity index (χ1n) is 9.25. The molecule has 1 heterocycles. The van der Waals surface area contributed by atoms with Crippen molar-refractivity contribution in [2.75, 3.05) is 0 Å². The molecule has 0 saturated carbocycles. The van der Waals surface area contributed by atoms with Crippen molar-refractivity contribution in [1.82, 2.24) is 4.98 Å². The van der Waals surface area contributed by atoms with Gasteiger partial charge in [-0.05, 0) is 63.1 Å². The summed E-state index contributed by atoms with van der Waals surface area (Å²) in [5.41, 5.74) is 7.77. The third-order valence-corrected chi connectivity index (χ3v) is 4.30. The molecule has 0 aliphatic rings. The molecule has 7 heteroatoms. The Kier molecular flexibility index (Phi) is 10.1. The van der Waals surface area contributed by atoms with Crippen molar-refractivity contribution < 1.29 is 12.3 Å². The van der Waals surface area contributed by atoms with Gasteiger partial charge in [0.05, 0.1) is 34.2 Å². The van der Waals surface area contributed by atoms with Gasteiger partial charge in [-0.3, -0.25) is 9.98 Å². The van der Waals surface area contributed by atoms with Crippen LogP contribution in [0.25, 0.3) is 0 Å². The van der Waals surface area contributed by atoms with Gasteiger partial charge in [0.2, 0.25) is 0 Å². The number of aryl methyl sites for hydroxylation is 2. The molecule has 30 heavy (non-hydrogen) atoms. The van der Waals surface area contributed by atoms with Gasteiger partial charge in [0.1, 0.15) is 0 Å². The molecule has 2 aromatic carbocycles. The molecule has 0 unspecified atom stereocenters. The van der Waals surface area contributed by atoms with Gasteiger partial charge in [-0.15, -0.1) is 0 Å². The zero-order valence-corrected chi connectivity index (χ0v) is 20.9. The topological polar surface area (TPSA) is 37.6 Å². The van der Waals surface area contributed by atoms with Crippen molar-refractivity contribution in [1.29, 1.82) is 0 Å². The Balaban J connectivity index is 0.000000735. The van der Waals surface area contributed by atoms with E-state index in [9.17, 15) is 0 Å². The average Bonchev–Trinajstić information content (AvgIpc) is 2.71. The minimum atomic E-state index is -1.77. The fourth-order valence-electron chi connectivity index (χ4n) is 2.69. The van der Waals surface area contributed by atoms with Gasteiger partial charge >= 0.3 is 41.8 Å². The van der Waals surface area contributed by atoms with E-state index in [1.807, 2.05) is 68.4 Å². The van der Waals surface area contributed by atoms with E-state index in [4.69, 9.17) is 44.5 Å². The predicted molar refractivity (Wildman–Crippen MR) is 128 cm³/mol. The summed E-state index contributed by atoms with van der Waals surface area (Å²) in [6.45, 7) is 8.11. The molecule has 156 valence electrons. The first-order valence-corrected chi connectivity index (χ1v) is 15.0. The molecule has 0 spiro atoms. The normalized spacial score (nSPS) is 11.9.